The van der Waals surface area contributed by atoms with Gasteiger partial charge in [-0.25, -0.2) is 0 Å². The molecule has 2 aromatic rings. The normalized spacial score (nSPS) is 15.4. The highest BCUT2D eigenvalue weighted by atomic mass is 79.9. The van der Waals surface area contributed by atoms with Gasteiger partial charge < -0.3 is 18.9 Å². The summed E-state index contributed by atoms with van der Waals surface area (Å²) in [5.74, 6) is 2.08. The van der Waals surface area contributed by atoms with Crippen LogP contribution in [-0.4, -0.2) is 44.9 Å². The minimum absolute atomic E-state index is 0.0238. The van der Waals surface area contributed by atoms with Crippen molar-refractivity contribution in [3.05, 3.63) is 46.4 Å². The van der Waals surface area contributed by atoms with Crippen molar-refractivity contribution in [2.24, 2.45) is 0 Å². The number of para-hydroxylation sites is 1. The van der Waals surface area contributed by atoms with Crippen LogP contribution in [0.25, 0.3) is 0 Å². The van der Waals surface area contributed by atoms with Crippen LogP contribution in [0.5, 0.6) is 23.0 Å². The maximum atomic E-state index is 12.7. The SMILES string of the molecule is COc1cccc(OC)c1OC1CCN(Cc2cc(Br)ccc2OC(F)F)CC1. The molecule has 1 aliphatic rings. The number of ether oxygens (including phenoxy) is 4. The Bertz CT molecular complexity index is 791. The first-order valence-electron chi connectivity index (χ1n) is 9.33. The first kappa shape index (κ1) is 21.6. The van der Waals surface area contributed by atoms with Gasteiger partial charge in [0.1, 0.15) is 11.9 Å². The molecule has 0 radical (unpaired) electrons. The fraction of sp³-hybridized carbons (Fsp3) is 0.429. The maximum absolute atomic E-state index is 12.7. The van der Waals surface area contributed by atoms with Crippen molar-refractivity contribution >= 4 is 15.9 Å². The van der Waals surface area contributed by atoms with Gasteiger partial charge in [-0.05, 0) is 43.2 Å². The molecule has 158 valence electrons. The highest BCUT2D eigenvalue weighted by molar-refractivity contribution is 9.10. The van der Waals surface area contributed by atoms with Crippen LogP contribution in [0.3, 0.4) is 0 Å². The summed E-state index contributed by atoms with van der Waals surface area (Å²) >= 11 is 3.40. The van der Waals surface area contributed by atoms with Crippen LogP contribution in [0, 0.1) is 0 Å². The molecule has 0 N–H and O–H groups in total. The van der Waals surface area contributed by atoms with Gasteiger partial charge in [-0.2, -0.15) is 8.78 Å². The van der Waals surface area contributed by atoms with Crippen molar-refractivity contribution in [2.45, 2.75) is 32.1 Å². The van der Waals surface area contributed by atoms with Gasteiger partial charge in [0.05, 0.1) is 14.2 Å². The van der Waals surface area contributed by atoms with Crippen molar-refractivity contribution in [2.75, 3.05) is 27.3 Å². The molecule has 0 amide bonds. The van der Waals surface area contributed by atoms with Crippen molar-refractivity contribution in [1.82, 2.24) is 4.90 Å². The van der Waals surface area contributed by atoms with E-state index in [4.69, 9.17) is 14.2 Å². The Hall–Kier alpha value is -2.06. The van der Waals surface area contributed by atoms with E-state index < -0.39 is 6.61 Å². The minimum atomic E-state index is -2.84. The van der Waals surface area contributed by atoms with E-state index in [1.807, 2.05) is 24.3 Å². The number of rotatable bonds is 8. The van der Waals surface area contributed by atoms with E-state index in [9.17, 15) is 8.78 Å². The van der Waals surface area contributed by atoms with E-state index in [2.05, 4.69) is 25.6 Å². The molecule has 1 heterocycles. The summed E-state index contributed by atoms with van der Waals surface area (Å²) in [4.78, 5) is 2.21. The quantitative estimate of drug-likeness (QED) is 0.534. The first-order chi connectivity index (χ1) is 14.0. The second-order valence-electron chi connectivity index (χ2n) is 6.72. The van der Waals surface area contributed by atoms with E-state index in [0.717, 1.165) is 36.0 Å². The third kappa shape index (κ3) is 5.73. The molecule has 0 atom stereocenters. The van der Waals surface area contributed by atoms with Gasteiger partial charge in [0.2, 0.25) is 5.75 Å². The lowest BCUT2D eigenvalue weighted by atomic mass is 10.1. The Morgan fingerprint density at radius 1 is 1.03 bits per heavy atom. The van der Waals surface area contributed by atoms with Crippen LogP contribution in [0.2, 0.25) is 0 Å². The zero-order chi connectivity index (χ0) is 20.8. The summed E-state index contributed by atoms with van der Waals surface area (Å²) in [6.45, 7) is -0.748. The Kier molecular flexibility index (Phi) is 7.55. The molecule has 1 fully saturated rings. The molecule has 8 heteroatoms. The van der Waals surface area contributed by atoms with Crippen molar-refractivity contribution in [1.29, 1.82) is 0 Å². The first-order valence-corrected chi connectivity index (χ1v) is 10.1. The van der Waals surface area contributed by atoms with E-state index in [1.54, 1.807) is 26.4 Å². The van der Waals surface area contributed by atoms with Crippen LogP contribution >= 0.6 is 15.9 Å². The molecule has 0 unspecified atom stereocenters. The Labute approximate surface area is 177 Å². The van der Waals surface area contributed by atoms with Gasteiger partial charge >= 0.3 is 6.61 Å². The number of benzene rings is 2. The summed E-state index contributed by atoms with van der Waals surface area (Å²) in [7, 11) is 3.20. The second kappa shape index (κ2) is 10.1. The zero-order valence-corrected chi connectivity index (χ0v) is 18.0. The largest absolute Gasteiger partial charge is 0.493 e. The molecule has 0 bridgehead atoms. The van der Waals surface area contributed by atoms with Crippen molar-refractivity contribution in [3.8, 4) is 23.0 Å². The molecule has 0 aromatic heterocycles. The minimum Gasteiger partial charge on any atom is -0.493 e. The number of nitrogens with zero attached hydrogens (tertiary/aromatic N) is 1. The smallest absolute Gasteiger partial charge is 0.387 e. The Balaban J connectivity index is 1.62. The van der Waals surface area contributed by atoms with E-state index in [1.165, 1.54) is 0 Å². The molecule has 1 saturated heterocycles. The Morgan fingerprint density at radius 2 is 1.69 bits per heavy atom. The Morgan fingerprint density at radius 3 is 2.28 bits per heavy atom. The van der Waals surface area contributed by atoms with E-state index in [-0.39, 0.29) is 11.9 Å². The molecule has 2 aromatic carbocycles. The summed E-state index contributed by atoms with van der Waals surface area (Å²) in [5, 5.41) is 0. The molecular weight excluding hydrogens is 448 g/mol. The lowest BCUT2D eigenvalue weighted by Gasteiger charge is -2.33. The summed E-state index contributed by atoms with van der Waals surface area (Å²) in [6.07, 6.45) is 1.64. The molecule has 0 spiro atoms. The molecule has 1 aliphatic heterocycles. The van der Waals surface area contributed by atoms with Crippen LogP contribution in [-0.2, 0) is 6.54 Å². The fourth-order valence-corrected chi connectivity index (χ4v) is 3.82. The third-order valence-corrected chi connectivity index (χ3v) is 5.33. The lowest BCUT2D eigenvalue weighted by Crippen LogP contribution is -2.38. The van der Waals surface area contributed by atoms with Gasteiger partial charge in [0, 0.05) is 29.7 Å². The maximum Gasteiger partial charge on any atom is 0.387 e. The van der Waals surface area contributed by atoms with Gasteiger partial charge in [-0.15, -0.1) is 0 Å². The lowest BCUT2D eigenvalue weighted by molar-refractivity contribution is -0.0508. The number of hydrogen-bond donors (Lipinski definition) is 0. The van der Waals surface area contributed by atoms with Gasteiger partial charge in [0.15, 0.2) is 11.5 Å². The van der Waals surface area contributed by atoms with Gasteiger partial charge in [0.25, 0.3) is 0 Å². The third-order valence-electron chi connectivity index (χ3n) is 4.83. The number of alkyl halides is 2. The number of methoxy groups -OCH3 is 2. The van der Waals surface area contributed by atoms with Crippen LogP contribution in [0.1, 0.15) is 18.4 Å². The predicted molar refractivity (Wildman–Crippen MR) is 109 cm³/mol. The molecule has 0 aliphatic carbocycles. The molecule has 3 rings (SSSR count). The monoisotopic (exact) mass is 471 g/mol. The summed E-state index contributed by atoms with van der Waals surface area (Å²) in [6, 6.07) is 10.6. The zero-order valence-electron chi connectivity index (χ0n) is 16.4. The molecule has 0 saturated carbocycles. The number of halogens is 3. The number of piperidine rings is 1. The summed E-state index contributed by atoms with van der Waals surface area (Å²) in [5.41, 5.74) is 0.727. The van der Waals surface area contributed by atoms with Crippen LogP contribution in [0.15, 0.2) is 40.9 Å². The predicted octanol–water partition coefficient (Wildman–Crippen LogP) is 5.11. The average molecular weight is 472 g/mol. The van der Waals surface area contributed by atoms with Crippen molar-refractivity contribution < 1.29 is 27.7 Å². The highest BCUT2D eigenvalue weighted by Gasteiger charge is 2.24. The fourth-order valence-electron chi connectivity index (χ4n) is 3.41. The summed E-state index contributed by atoms with van der Waals surface area (Å²) < 4.78 is 47.8. The number of likely N-dealkylation sites (tertiary alicyclic amines) is 1. The van der Waals surface area contributed by atoms with Gasteiger partial charge in [-0.3, -0.25) is 4.90 Å². The second-order valence-corrected chi connectivity index (χ2v) is 7.63. The van der Waals surface area contributed by atoms with Crippen molar-refractivity contribution in [3.63, 3.8) is 0 Å². The topological polar surface area (TPSA) is 40.2 Å². The number of hydrogen-bond acceptors (Lipinski definition) is 5. The highest BCUT2D eigenvalue weighted by Crippen LogP contribution is 2.38. The van der Waals surface area contributed by atoms with Crippen LogP contribution < -0.4 is 18.9 Å². The molecule has 5 nitrogen and oxygen atoms in total. The average Bonchev–Trinajstić information content (AvgIpc) is 2.71. The van der Waals surface area contributed by atoms with E-state index >= 15 is 0 Å². The standard InChI is InChI=1S/C21H24BrF2NO4/c1-26-18-4-3-5-19(27-2)20(18)28-16-8-10-25(11-9-16)13-14-12-15(22)6-7-17(14)29-21(23)24/h3-7,12,16,21H,8-11,13H2,1-2H3. The molecular formula is C21H24BrF2NO4. The van der Waals surface area contributed by atoms with Crippen LogP contribution in [0.4, 0.5) is 8.78 Å². The molecule has 29 heavy (non-hydrogen) atoms. The van der Waals surface area contributed by atoms with E-state index in [0.29, 0.717) is 23.8 Å². The van der Waals surface area contributed by atoms with Gasteiger partial charge in [-0.1, -0.05) is 22.0 Å².